The van der Waals surface area contributed by atoms with Gasteiger partial charge >= 0.3 is 0 Å². The maximum absolute atomic E-state index is 12.9. The molecule has 35 heavy (non-hydrogen) atoms. The Balaban J connectivity index is 1.28. The van der Waals surface area contributed by atoms with Crippen molar-refractivity contribution < 1.29 is 9.53 Å². The molecule has 1 saturated heterocycles. The highest BCUT2D eigenvalue weighted by atomic mass is 79.9. The van der Waals surface area contributed by atoms with Crippen LogP contribution < -0.4 is 9.64 Å². The summed E-state index contributed by atoms with van der Waals surface area (Å²) in [4.78, 5) is 19.8. The van der Waals surface area contributed by atoms with Gasteiger partial charge in [0.2, 0.25) is 5.91 Å². The number of aromatic nitrogens is 2. The van der Waals surface area contributed by atoms with Crippen LogP contribution in [0.3, 0.4) is 0 Å². The molecule has 4 aromatic rings. The smallest absolute Gasteiger partial charge is 0.227 e. The van der Waals surface area contributed by atoms with Gasteiger partial charge in [-0.2, -0.15) is 0 Å². The van der Waals surface area contributed by atoms with Crippen LogP contribution in [0.4, 0.5) is 5.69 Å². The number of para-hydroxylation sites is 2. The highest BCUT2D eigenvalue weighted by Crippen LogP contribution is 2.34. The topological polar surface area (TPSA) is 47.4 Å². The quantitative estimate of drug-likeness (QED) is 0.235. The molecule has 0 aliphatic carbocycles. The largest absolute Gasteiger partial charge is 0.494 e. The predicted molar refractivity (Wildman–Crippen MR) is 144 cm³/mol. The molecule has 0 bridgehead atoms. The van der Waals surface area contributed by atoms with Crippen molar-refractivity contribution in [1.29, 1.82) is 0 Å². The van der Waals surface area contributed by atoms with E-state index >= 15 is 0 Å². The number of fused-ring (bicyclic) bond motifs is 1. The van der Waals surface area contributed by atoms with Crippen molar-refractivity contribution in [2.24, 2.45) is 0 Å². The molecule has 6 heteroatoms. The summed E-state index contributed by atoms with van der Waals surface area (Å²) >= 11 is 3.48. The fourth-order valence-electron chi connectivity index (χ4n) is 4.76. The number of rotatable bonds is 8. The predicted octanol–water partition coefficient (Wildman–Crippen LogP) is 6.80. The molecular formula is C29H30BrN3O2. The standard InChI is InChI=1S/C29H30BrN3O2/c1-20-9-14-25(17-21(20)2)35-16-6-5-15-32-27-8-4-3-7-26(27)31-29(32)22-18-28(34)33(19-22)24-12-10-23(30)11-13-24/h3-4,7-14,17,22H,5-6,15-16,18-19H2,1-2H3. The number of amides is 1. The number of nitrogens with zero attached hydrogens (tertiary/aromatic N) is 3. The molecule has 1 atom stereocenters. The van der Waals surface area contributed by atoms with Crippen molar-refractivity contribution in [3.63, 3.8) is 0 Å². The molecule has 0 spiro atoms. The van der Waals surface area contributed by atoms with Crippen LogP contribution in [-0.2, 0) is 11.3 Å². The summed E-state index contributed by atoms with van der Waals surface area (Å²) in [6.07, 6.45) is 2.41. The third kappa shape index (κ3) is 5.13. The van der Waals surface area contributed by atoms with Gasteiger partial charge in [0.15, 0.2) is 0 Å². The molecule has 1 aromatic heterocycles. The van der Waals surface area contributed by atoms with Crippen LogP contribution in [0.5, 0.6) is 5.75 Å². The summed E-state index contributed by atoms with van der Waals surface area (Å²) in [5.74, 6) is 2.16. The number of halogens is 1. The third-order valence-corrected chi connectivity index (χ3v) is 7.36. The van der Waals surface area contributed by atoms with E-state index in [2.05, 4.69) is 64.7 Å². The van der Waals surface area contributed by atoms with E-state index in [0.29, 0.717) is 19.6 Å². The maximum atomic E-state index is 12.9. The first-order chi connectivity index (χ1) is 17.0. The summed E-state index contributed by atoms with van der Waals surface area (Å²) in [6, 6.07) is 22.4. The Morgan fingerprint density at radius 2 is 1.80 bits per heavy atom. The second-order valence-corrected chi connectivity index (χ2v) is 10.2. The van der Waals surface area contributed by atoms with Crippen LogP contribution in [0.1, 0.15) is 42.1 Å². The lowest BCUT2D eigenvalue weighted by Crippen LogP contribution is -2.24. The highest BCUT2D eigenvalue weighted by Gasteiger charge is 2.34. The number of unbranched alkanes of at least 4 members (excludes halogenated alkanes) is 1. The zero-order chi connectivity index (χ0) is 24.4. The lowest BCUT2D eigenvalue weighted by atomic mass is 10.1. The minimum atomic E-state index is 0.0744. The minimum absolute atomic E-state index is 0.0744. The summed E-state index contributed by atoms with van der Waals surface area (Å²) in [5.41, 5.74) is 5.59. The van der Waals surface area contributed by atoms with Crippen molar-refractivity contribution in [2.45, 2.75) is 45.6 Å². The van der Waals surface area contributed by atoms with Crippen molar-refractivity contribution >= 4 is 38.6 Å². The zero-order valence-electron chi connectivity index (χ0n) is 20.2. The van der Waals surface area contributed by atoms with Crippen LogP contribution in [0.25, 0.3) is 11.0 Å². The lowest BCUT2D eigenvalue weighted by Gasteiger charge is -2.17. The number of aryl methyl sites for hydroxylation is 3. The van der Waals surface area contributed by atoms with Crippen molar-refractivity contribution in [3.05, 3.63) is 88.2 Å². The Kier molecular flexibility index (Phi) is 6.91. The molecule has 3 aromatic carbocycles. The highest BCUT2D eigenvalue weighted by molar-refractivity contribution is 9.10. The van der Waals surface area contributed by atoms with E-state index in [1.807, 2.05) is 41.3 Å². The van der Waals surface area contributed by atoms with Crippen LogP contribution >= 0.6 is 15.9 Å². The molecule has 5 nitrogen and oxygen atoms in total. The van der Waals surface area contributed by atoms with Crippen molar-refractivity contribution in [1.82, 2.24) is 9.55 Å². The molecule has 1 aliphatic heterocycles. The first-order valence-corrected chi connectivity index (χ1v) is 13.0. The van der Waals surface area contributed by atoms with E-state index in [4.69, 9.17) is 9.72 Å². The molecule has 5 rings (SSSR count). The molecule has 1 fully saturated rings. The average molecular weight is 532 g/mol. The van der Waals surface area contributed by atoms with E-state index in [9.17, 15) is 4.79 Å². The molecule has 0 N–H and O–H groups in total. The maximum Gasteiger partial charge on any atom is 0.227 e. The second-order valence-electron chi connectivity index (χ2n) is 9.29. The molecule has 2 heterocycles. The number of hydrogen-bond donors (Lipinski definition) is 0. The van der Waals surface area contributed by atoms with Gasteiger partial charge in [0.05, 0.1) is 17.6 Å². The molecule has 1 unspecified atom stereocenters. The Morgan fingerprint density at radius 3 is 2.60 bits per heavy atom. The van der Waals surface area contributed by atoms with Crippen molar-refractivity contribution in [3.8, 4) is 5.75 Å². The fraction of sp³-hybridized carbons (Fsp3) is 0.310. The molecular weight excluding hydrogens is 502 g/mol. The van der Waals surface area contributed by atoms with E-state index in [1.54, 1.807) is 0 Å². The van der Waals surface area contributed by atoms with Gasteiger partial charge in [-0.1, -0.05) is 34.1 Å². The van der Waals surface area contributed by atoms with Gasteiger partial charge in [-0.15, -0.1) is 0 Å². The Hall–Kier alpha value is -3.12. The van der Waals surface area contributed by atoms with Gasteiger partial charge in [-0.05, 0) is 86.3 Å². The van der Waals surface area contributed by atoms with Crippen molar-refractivity contribution in [2.75, 3.05) is 18.1 Å². The molecule has 1 amide bonds. The average Bonchev–Trinajstić information content (AvgIpc) is 3.42. The molecule has 180 valence electrons. The Labute approximate surface area is 214 Å². The molecule has 1 aliphatic rings. The third-order valence-electron chi connectivity index (χ3n) is 6.84. The minimum Gasteiger partial charge on any atom is -0.494 e. The summed E-state index contributed by atoms with van der Waals surface area (Å²) in [6.45, 7) is 6.42. The van der Waals surface area contributed by atoms with E-state index in [-0.39, 0.29) is 11.8 Å². The van der Waals surface area contributed by atoms with E-state index < -0.39 is 0 Å². The SMILES string of the molecule is Cc1ccc(OCCCCn2c(C3CC(=O)N(c4ccc(Br)cc4)C3)nc3ccccc32)cc1C. The summed E-state index contributed by atoms with van der Waals surface area (Å²) < 4.78 is 9.31. The van der Waals surface area contributed by atoms with E-state index in [0.717, 1.165) is 52.2 Å². The zero-order valence-corrected chi connectivity index (χ0v) is 21.8. The number of carbonyl (C=O) groups is 1. The fourth-order valence-corrected chi connectivity index (χ4v) is 5.02. The number of carbonyl (C=O) groups excluding carboxylic acids is 1. The van der Waals surface area contributed by atoms with Gasteiger partial charge in [-0.3, -0.25) is 4.79 Å². The van der Waals surface area contributed by atoms with Gasteiger partial charge in [0, 0.05) is 35.6 Å². The van der Waals surface area contributed by atoms with Crippen LogP contribution in [0, 0.1) is 13.8 Å². The van der Waals surface area contributed by atoms with Crippen LogP contribution in [0.2, 0.25) is 0 Å². The second kappa shape index (κ2) is 10.2. The number of anilines is 1. The summed E-state index contributed by atoms with van der Waals surface area (Å²) in [5, 5.41) is 0. The normalized spacial score (nSPS) is 15.8. The lowest BCUT2D eigenvalue weighted by molar-refractivity contribution is -0.117. The number of imidazole rings is 1. The first kappa shape index (κ1) is 23.6. The first-order valence-electron chi connectivity index (χ1n) is 12.2. The van der Waals surface area contributed by atoms with E-state index in [1.165, 1.54) is 11.1 Å². The Morgan fingerprint density at radius 1 is 1.00 bits per heavy atom. The monoisotopic (exact) mass is 531 g/mol. The van der Waals surface area contributed by atoms with Gasteiger partial charge in [0.25, 0.3) is 0 Å². The van der Waals surface area contributed by atoms with Crippen LogP contribution in [-0.4, -0.2) is 28.6 Å². The molecule has 0 radical (unpaired) electrons. The number of hydrogen-bond acceptors (Lipinski definition) is 3. The molecule has 0 saturated carbocycles. The summed E-state index contributed by atoms with van der Waals surface area (Å²) in [7, 11) is 0. The number of ether oxygens (including phenoxy) is 1. The van der Waals surface area contributed by atoms with Crippen LogP contribution in [0.15, 0.2) is 71.2 Å². The van der Waals surface area contributed by atoms with Gasteiger partial charge in [0.1, 0.15) is 11.6 Å². The van der Waals surface area contributed by atoms with Gasteiger partial charge < -0.3 is 14.2 Å². The number of benzene rings is 3. The van der Waals surface area contributed by atoms with Gasteiger partial charge in [-0.25, -0.2) is 4.98 Å². The Bertz CT molecular complexity index is 1350.